The Labute approximate surface area is 115 Å². The highest BCUT2D eigenvalue weighted by Gasteiger charge is 2.72. The van der Waals surface area contributed by atoms with Crippen molar-refractivity contribution in [2.24, 2.45) is 0 Å². The molecule has 4 nitrogen and oxygen atoms in total. The van der Waals surface area contributed by atoms with Crippen molar-refractivity contribution in [2.45, 2.75) is 30.4 Å². The van der Waals surface area contributed by atoms with E-state index in [9.17, 15) is 30.7 Å². The molecule has 126 valence electrons. The van der Waals surface area contributed by atoms with Gasteiger partial charge in [0.25, 0.3) is 0 Å². The van der Waals surface area contributed by atoms with E-state index in [1.54, 1.807) is 0 Å². The fourth-order valence-electron chi connectivity index (χ4n) is 1.46. The average molecular weight is 330 g/mol. The van der Waals surface area contributed by atoms with Crippen molar-refractivity contribution in [3.63, 3.8) is 0 Å². The average Bonchev–Trinajstić information content (AvgIpc) is 2.82. The number of ether oxygens (including phenoxy) is 4. The predicted molar refractivity (Wildman–Crippen MR) is 53.0 cm³/mol. The lowest BCUT2D eigenvalue weighted by Gasteiger charge is -2.29. The summed E-state index contributed by atoms with van der Waals surface area (Å²) in [6.45, 7) is -1.33. The van der Waals surface area contributed by atoms with Crippen LogP contribution in [0.5, 0.6) is 0 Å². The summed E-state index contributed by atoms with van der Waals surface area (Å²) in [7, 11) is 1.17. The lowest BCUT2D eigenvalue weighted by molar-refractivity contribution is -0.360. The molecule has 0 amide bonds. The van der Waals surface area contributed by atoms with E-state index in [0.717, 1.165) is 0 Å². The second kappa shape index (κ2) is 6.23. The van der Waals surface area contributed by atoms with Gasteiger partial charge in [0.05, 0.1) is 19.8 Å². The molecule has 0 radical (unpaired) electrons. The van der Waals surface area contributed by atoms with Gasteiger partial charge in [0, 0.05) is 13.5 Å². The maximum atomic E-state index is 12.9. The van der Waals surface area contributed by atoms with E-state index >= 15 is 0 Å². The highest BCUT2D eigenvalue weighted by atomic mass is 19.4. The van der Waals surface area contributed by atoms with E-state index in [1.165, 1.54) is 7.11 Å². The molecule has 0 bridgehead atoms. The first-order valence-corrected chi connectivity index (χ1v) is 5.71. The topological polar surface area (TPSA) is 36.9 Å². The van der Waals surface area contributed by atoms with Crippen LogP contribution in [0.4, 0.5) is 30.7 Å². The normalized spacial score (nSPS) is 20.0. The zero-order chi connectivity index (χ0) is 16.4. The monoisotopic (exact) mass is 330 g/mol. The van der Waals surface area contributed by atoms with E-state index in [4.69, 9.17) is 14.2 Å². The third-order valence-electron chi connectivity index (χ3n) is 2.69. The molecular formula is C10H13F7O4. The van der Waals surface area contributed by atoms with Gasteiger partial charge in [-0.15, -0.1) is 0 Å². The molecule has 0 aromatic rings. The van der Waals surface area contributed by atoms with Crippen molar-refractivity contribution >= 4 is 0 Å². The van der Waals surface area contributed by atoms with Crippen LogP contribution in [-0.4, -0.2) is 57.5 Å². The fraction of sp³-hybridized carbons (Fsp3) is 1.00. The molecule has 0 N–H and O–H groups in total. The molecule has 0 unspecified atom stereocenters. The molecule has 0 aliphatic carbocycles. The number of hydrogen-bond donors (Lipinski definition) is 0. The summed E-state index contributed by atoms with van der Waals surface area (Å²) in [5.41, 5.74) is 0. The SMILES string of the molecule is COC1(COCCC(F)(F)C(F)(F)C(F)(F)F)OCCO1. The lowest BCUT2D eigenvalue weighted by atomic mass is 10.1. The Kier molecular flexibility index (Phi) is 5.45. The zero-order valence-corrected chi connectivity index (χ0v) is 10.8. The maximum absolute atomic E-state index is 12.9. The summed E-state index contributed by atoms with van der Waals surface area (Å²) in [5, 5.41) is 0. The molecule has 0 saturated carbocycles. The molecule has 0 atom stereocenters. The largest absolute Gasteiger partial charge is 0.459 e. The Morgan fingerprint density at radius 3 is 1.95 bits per heavy atom. The second-order valence-electron chi connectivity index (χ2n) is 4.16. The van der Waals surface area contributed by atoms with Gasteiger partial charge in [-0.25, -0.2) is 0 Å². The van der Waals surface area contributed by atoms with Crippen molar-refractivity contribution in [2.75, 3.05) is 33.5 Å². The van der Waals surface area contributed by atoms with Crippen LogP contribution in [-0.2, 0) is 18.9 Å². The Balaban J connectivity index is 2.47. The summed E-state index contributed by atoms with van der Waals surface area (Å²) in [6, 6.07) is 0. The van der Waals surface area contributed by atoms with E-state index in [2.05, 4.69) is 4.74 Å². The van der Waals surface area contributed by atoms with Crippen LogP contribution in [0.2, 0.25) is 0 Å². The molecule has 0 aromatic heterocycles. The summed E-state index contributed by atoms with van der Waals surface area (Å²) >= 11 is 0. The van der Waals surface area contributed by atoms with Crippen LogP contribution in [0.1, 0.15) is 6.42 Å². The minimum atomic E-state index is -6.35. The number of rotatable bonds is 7. The van der Waals surface area contributed by atoms with Gasteiger partial charge in [-0.1, -0.05) is 0 Å². The Morgan fingerprint density at radius 1 is 1.00 bits per heavy atom. The quantitative estimate of drug-likeness (QED) is 0.531. The molecule has 1 aliphatic rings. The smallest absolute Gasteiger partial charge is 0.373 e. The number of halogens is 7. The summed E-state index contributed by atoms with van der Waals surface area (Å²) < 4.78 is 106. The number of hydrogen-bond acceptors (Lipinski definition) is 4. The molecule has 1 saturated heterocycles. The molecule has 1 heterocycles. The molecule has 1 fully saturated rings. The first-order chi connectivity index (χ1) is 9.47. The molecule has 0 spiro atoms. The molecular weight excluding hydrogens is 317 g/mol. The lowest BCUT2D eigenvalue weighted by Crippen LogP contribution is -2.52. The van der Waals surface area contributed by atoms with Crippen molar-refractivity contribution in [1.82, 2.24) is 0 Å². The molecule has 11 heteroatoms. The van der Waals surface area contributed by atoms with Crippen LogP contribution in [0.15, 0.2) is 0 Å². The van der Waals surface area contributed by atoms with Crippen LogP contribution >= 0.6 is 0 Å². The van der Waals surface area contributed by atoms with Crippen molar-refractivity contribution in [3.05, 3.63) is 0 Å². The third kappa shape index (κ3) is 3.96. The van der Waals surface area contributed by atoms with Gasteiger partial charge in [-0.05, 0) is 0 Å². The highest BCUT2D eigenvalue weighted by molar-refractivity contribution is 4.90. The van der Waals surface area contributed by atoms with Gasteiger partial charge in [0.2, 0.25) is 0 Å². The molecule has 1 rings (SSSR count). The second-order valence-corrected chi connectivity index (χ2v) is 4.16. The highest BCUT2D eigenvalue weighted by Crippen LogP contribution is 2.47. The summed E-state index contributed by atoms with van der Waals surface area (Å²) in [4.78, 5) is 0. The number of methoxy groups -OCH3 is 1. The fourth-order valence-corrected chi connectivity index (χ4v) is 1.46. The Morgan fingerprint density at radius 2 is 1.52 bits per heavy atom. The van der Waals surface area contributed by atoms with E-state index in [1.807, 2.05) is 0 Å². The van der Waals surface area contributed by atoms with E-state index in [0.29, 0.717) is 0 Å². The number of alkyl halides is 7. The van der Waals surface area contributed by atoms with E-state index in [-0.39, 0.29) is 13.2 Å². The third-order valence-corrected chi connectivity index (χ3v) is 2.69. The minimum Gasteiger partial charge on any atom is -0.373 e. The van der Waals surface area contributed by atoms with Crippen LogP contribution in [0, 0.1) is 0 Å². The van der Waals surface area contributed by atoms with Crippen LogP contribution in [0.25, 0.3) is 0 Å². The molecule has 1 aliphatic heterocycles. The van der Waals surface area contributed by atoms with Gasteiger partial charge >= 0.3 is 24.0 Å². The zero-order valence-electron chi connectivity index (χ0n) is 10.8. The van der Waals surface area contributed by atoms with Crippen molar-refractivity contribution < 1.29 is 49.7 Å². The van der Waals surface area contributed by atoms with Crippen molar-refractivity contribution in [1.29, 1.82) is 0 Å². The van der Waals surface area contributed by atoms with Gasteiger partial charge in [0.15, 0.2) is 0 Å². The summed E-state index contributed by atoms with van der Waals surface area (Å²) in [5.74, 6) is -13.1. The van der Waals surface area contributed by atoms with Gasteiger partial charge in [-0.3, -0.25) is 0 Å². The first-order valence-electron chi connectivity index (χ1n) is 5.71. The van der Waals surface area contributed by atoms with Crippen LogP contribution < -0.4 is 0 Å². The van der Waals surface area contributed by atoms with Crippen molar-refractivity contribution in [3.8, 4) is 0 Å². The first kappa shape index (κ1) is 18.4. The maximum Gasteiger partial charge on any atom is 0.459 e. The summed E-state index contributed by atoms with van der Waals surface area (Å²) in [6.07, 6.45) is -8.17. The predicted octanol–water partition coefficient (Wildman–Crippen LogP) is 2.57. The molecule has 21 heavy (non-hydrogen) atoms. The minimum absolute atomic E-state index is 0.138. The Bertz CT molecular complexity index is 339. The Hall–Kier alpha value is -0.650. The standard InChI is InChI=1S/C10H13F7O4/c1-18-8(20-4-5-21-8)6-19-3-2-7(11,12)9(13,14)10(15,16)17/h2-6H2,1H3. The van der Waals surface area contributed by atoms with E-state index < -0.39 is 43.6 Å². The van der Waals surface area contributed by atoms with Gasteiger partial charge in [0.1, 0.15) is 6.61 Å². The van der Waals surface area contributed by atoms with Gasteiger partial charge < -0.3 is 18.9 Å². The molecule has 0 aromatic carbocycles. The van der Waals surface area contributed by atoms with Crippen LogP contribution in [0.3, 0.4) is 0 Å². The van der Waals surface area contributed by atoms with Gasteiger partial charge in [-0.2, -0.15) is 30.7 Å².